The van der Waals surface area contributed by atoms with E-state index in [1.54, 1.807) is 0 Å². The van der Waals surface area contributed by atoms with Gasteiger partial charge in [-0.05, 0) is 72.9 Å². The minimum absolute atomic E-state index is 0.0981. The minimum Gasteiger partial charge on any atom is -0.437 e. The Kier molecular flexibility index (Phi) is 4.43. The molecule has 3 aromatic heterocycles. The van der Waals surface area contributed by atoms with Crippen LogP contribution in [0.5, 0.6) is 0 Å². The number of imidazole rings is 1. The van der Waals surface area contributed by atoms with Crippen molar-refractivity contribution in [3.05, 3.63) is 89.6 Å². The third kappa shape index (κ3) is 3.13. The van der Waals surface area contributed by atoms with Crippen LogP contribution >= 0.6 is 0 Å². The van der Waals surface area contributed by atoms with E-state index in [4.69, 9.17) is 9.40 Å². The maximum absolute atomic E-state index is 6.39. The number of furan rings is 1. The maximum Gasteiger partial charge on any atom is 0.227 e. The van der Waals surface area contributed by atoms with Crippen molar-refractivity contribution in [1.82, 2.24) is 14.5 Å². The molecule has 0 amide bonds. The molecule has 0 aliphatic carbocycles. The minimum atomic E-state index is 0.0981. The van der Waals surface area contributed by atoms with Gasteiger partial charge in [-0.3, -0.25) is 4.57 Å². The molecule has 4 heteroatoms. The van der Waals surface area contributed by atoms with Crippen LogP contribution < -0.4 is 0 Å². The molecule has 4 nitrogen and oxygen atoms in total. The highest BCUT2D eigenvalue weighted by Crippen LogP contribution is 2.39. The number of hydrogen-bond donors (Lipinski definition) is 0. The molecule has 0 radical (unpaired) electrons. The number of fused-ring (bicyclic) bond motifs is 4. The summed E-state index contributed by atoms with van der Waals surface area (Å²) in [6.07, 6.45) is 0. The number of aromatic nitrogens is 3. The SMILES string of the molecule is Cc1ccc2c(n1)oc1c(-c3nc4ccccc4n3-c3ccc(C(C)(C)C)cc3)ccc(C)c12. The van der Waals surface area contributed by atoms with Crippen molar-refractivity contribution in [2.24, 2.45) is 0 Å². The summed E-state index contributed by atoms with van der Waals surface area (Å²) in [5.74, 6) is 0.866. The lowest BCUT2D eigenvalue weighted by molar-refractivity contribution is 0.590. The molecule has 3 heterocycles. The van der Waals surface area contributed by atoms with Gasteiger partial charge in [-0.1, -0.05) is 51.1 Å². The first-order valence-electron chi connectivity index (χ1n) is 11.7. The predicted octanol–water partition coefficient (Wildman–Crippen LogP) is 7.90. The lowest BCUT2D eigenvalue weighted by Gasteiger charge is -2.19. The summed E-state index contributed by atoms with van der Waals surface area (Å²) in [7, 11) is 0. The molecule has 0 spiro atoms. The van der Waals surface area contributed by atoms with Gasteiger partial charge in [0.2, 0.25) is 5.71 Å². The maximum atomic E-state index is 6.39. The Hall–Kier alpha value is -3.92. The molecule has 6 aromatic rings. The molecule has 0 aliphatic rings. The molecule has 0 unspecified atom stereocenters. The van der Waals surface area contributed by atoms with Gasteiger partial charge in [0.25, 0.3) is 0 Å². The molecular weight excluding hydrogens is 418 g/mol. The molecule has 0 atom stereocenters. The fourth-order valence-corrected chi connectivity index (χ4v) is 4.77. The summed E-state index contributed by atoms with van der Waals surface area (Å²) in [5.41, 5.74) is 9.08. The van der Waals surface area contributed by atoms with Crippen molar-refractivity contribution in [3.63, 3.8) is 0 Å². The molecule has 6 rings (SSSR count). The van der Waals surface area contributed by atoms with Crippen molar-refractivity contribution >= 4 is 33.1 Å². The van der Waals surface area contributed by atoms with Gasteiger partial charge >= 0.3 is 0 Å². The zero-order chi connectivity index (χ0) is 23.6. The second-order valence-corrected chi connectivity index (χ2v) is 10.1. The van der Waals surface area contributed by atoms with E-state index in [-0.39, 0.29) is 5.41 Å². The second-order valence-electron chi connectivity index (χ2n) is 10.1. The van der Waals surface area contributed by atoms with Crippen LogP contribution in [0, 0.1) is 13.8 Å². The molecule has 0 saturated carbocycles. The van der Waals surface area contributed by atoms with Gasteiger partial charge in [-0.25, -0.2) is 9.97 Å². The summed E-state index contributed by atoms with van der Waals surface area (Å²) in [6, 6.07) is 25.5. The van der Waals surface area contributed by atoms with Crippen LogP contribution in [0.4, 0.5) is 0 Å². The van der Waals surface area contributed by atoms with Crippen LogP contribution in [0.2, 0.25) is 0 Å². The molecule has 0 N–H and O–H groups in total. The molecule has 0 aliphatic heterocycles. The summed E-state index contributed by atoms with van der Waals surface area (Å²) >= 11 is 0. The first-order chi connectivity index (χ1) is 16.3. The van der Waals surface area contributed by atoms with Crippen LogP contribution in [-0.2, 0) is 5.41 Å². The van der Waals surface area contributed by atoms with Crippen LogP contribution in [0.25, 0.3) is 50.2 Å². The van der Waals surface area contributed by atoms with Gasteiger partial charge in [0.05, 0.1) is 16.6 Å². The second kappa shape index (κ2) is 7.29. The largest absolute Gasteiger partial charge is 0.437 e. The molecular formula is C30H27N3O. The first kappa shape index (κ1) is 20.7. The Balaban J connectivity index is 1.66. The van der Waals surface area contributed by atoms with Crippen molar-refractivity contribution in [2.75, 3.05) is 0 Å². The van der Waals surface area contributed by atoms with Crippen molar-refractivity contribution in [2.45, 2.75) is 40.0 Å². The normalized spacial score (nSPS) is 12.3. The van der Waals surface area contributed by atoms with Crippen LogP contribution in [-0.4, -0.2) is 14.5 Å². The number of hydrogen-bond acceptors (Lipinski definition) is 3. The van der Waals surface area contributed by atoms with Gasteiger partial charge in [-0.2, -0.15) is 0 Å². The highest BCUT2D eigenvalue weighted by atomic mass is 16.3. The Bertz CT molecular complexity index is 1700. The van der Waals surface area contributed by atoms with Crippen LogP contribution in [0.15, 0.2) is 77.2 Å². The third-order valence-electron chi connectivity index (χ3n) is 6.63. The van der Waals surface area contributed by atoms with Gasteiger partial charge < -0.3 is 4.42 Å². The molecule has 0 bridgehead atoms. The van der Waals surface area contributed by atoms with Crippen molar-refractivity contribution in [3.8, 4) is 17.1 Å². The van der Waals surface area contributed by atoms with E-state index in [1.807, 2.05) is 19.1 Å². The Morgan fingerprint density at radius 1 is 0.794 bits per heavy atom. The average Bonchev–Trinajstić information content (AvgIpc) is 3.37. The highest BCUT2D eigenvalue weighted by molar-refractivity contribution is 6.10. The van der Waals surface area contributed by atoms with E-state index < -0.39 is 0 Å². The number of pyridine rings is 1. The molecule has 0 fully saturated rings. The number of rotatable bonds is 2. The average molecular weight is 446 g/mol. The van der Waals surface area contributed by atoms with Gasteiger partial charge in [0.15, 0.2) is 0 Å². The fraction of sp³-hybridized carbons (Fsp3) is 0.200. The lowest BCUT2D eigenvalue weighted by Crippen LogP contribution is -2.11. The number of benzene rings is 3. The molecule has 34 heavy (non-hydrogen) atoms. The van der Waals surface area contributed by atoms with E-state index in [0.717, 1.165) is 50.2 Å². The third-order valence-corrected chi connectivity index (χ3v) is 6.63. The molecule has 3 aromatic carbocycles. The van der Waals surface area contributed by atoms with Gasteiger partial charge in [0.1, 0.15) is 11.4 Å². The van der Waals surface area contributed by atoms with Gasteiger partial charge in [-0.15, -0.1) is 0 Å². The number of para-hydroxylation sites is 2. The standard InChI is InChI=1S/C30H27N3O/c1-18-10-16-23(27-26(18)22-17-11-19(2)31-29(22)34-27)28-32-24-8-6-7-9-25(24)33(28)21-14-12-20(13-15-21)30(3,4)5/h6-17H,1-5H3. The summed E-state index contributed by atoms with van der Waals surface area (Å²) < 4.78 is 8.62. The van der Waals surface area contributed by atoms with E-state index in [0.29, 0.717) is 5.71 Å². The number of aryl methyl sites for hydroxylation is 2. The van der Waals surface area contributed by atoms with E-state index in [9.17, 15) is 0 Å². The Labute approximate surface area is 198 Å². The summed E-state index contributed by atoms with van der Waals surface area (Å²) in [5, 5.41) is 2.14. The van der Waals surface area contributed by atoms with Crippen molar-refractivity contribution in [1.29, 1.82) is 0 Å². The topological polar surface area (TPSA) is 43.9 Å². The lowest BCUT2D eigenvalue weighted by atomic mass is 9.87. The smallest absolute Gasteiger partial charge is 0.227 e. The quantitative estimate of drug-likeness (QED) is 0.272. The summed E-state index contributed by atoms with van der Waals surface area (Å²) in [4.78, 5) is 9.73. The van der Waals surface area contributed by atoms with E-state index >= 15 is 0 Å². The fourth-order valence-electron chi connectivity index (χ4n) is 4.77. The Morgan fingerprint density at radius 3 is 2.32 bits per heavy atom. The van der Waals surface area contributed by atoms with Crippen molar-refractivity contribution < 1.29 is 4.42 Å². The first-order valence-corrected chi connectivity index (χ1v) is 11.7. The van der Waals surface area contributed by atoms with E-state index in [2.05, 4.69) is 97.9 Å². The zero-order valence-electron chi connectivity index (χ0n) is 20.2. The zero-order valence-corrected chi connectivity index (χ0v) is 20.2. The Morgan fingerprint density at radius 2 is 1.56 bits per heavy atom. The van der Waals surface area contributed by atoms with Crippen LogP contribution in [0.3, 0.4) is 0 Å². The van der Waals surface area contributed by atoms with Gasteiger partial charge in [0, 0.05) is 22.2 Å². The summed E-state index contributed by atoms with van der Waals surface area (Å²) in [6.45, 7) is 10.8. The highest BCUT2D eigenvalue weighted by Gasteiger charge is 2.21. The predicted molar refractivity (Wildman–Crippen MR) is 140 cm³/mol. The van der Waals surface area contributed by atoms with E-state index in [1.165, 1.54) is 11.1 Å². The molecule has 0 saturated heterocycles. The number of nitrogens with zero attached hydrogens (tertiary/aromatic N) is 3. The molecule has 168 valence electrons. The van der Waals surface area contributed by atoms with Crippen LogP contribution in [0.1, 0.15) is 37.6 Å². The monoisotopic (exact) mass is 445 g/mol.